The number of hydrogen-bond donors (Lipinski definition) is 0. The summed E-state index contributed by atoms with van der Waals surface area (Å²) in [6.45, 7) is 11.3. The first-order valence-electron chi connectivity index (χ1n) is 7.21. The van der Waals surface area contributed by atoms with Crippen molar-refractivity contribution in [1.29, 1.82) is 0 Å². The molecule has 1 aromatic rings. The van der Waals surface area contributed by atoms with Crippen LogP contribution in [0.3, 0.4) is 0 Å². The first-order valence-corrected chi connectivity index (χ1v) is 7.21. The maximum Gasteiger partial charge on any atom is -0.00999 e. The maximum atomic E-state index is 3.83. The minimum atomic E-state index is 0.493. The topological polar surface area (TPSA) is 0 Å². The lowest BCUT2D eigenvalue weighted by atomic mass is 9.65. The van der Waals surface area contributed by atoms with Gasteiger partial charge < -0.3 is 0 Å². The van der Waals surface area contributed by atoms with Crippen LogP contribution < -0.4 is 0 Å². The molecule has 0 amide bonds. The van der Waals surface area contributed by atoms with Crippen LogP contribution in [0.25, 0.3) is 6.08 Å². The van der Waals surface area contributed by atoms with Crippen LogP contribution in [-0.4, -0.2) is 0 Å². The third kappa shape index (κ3) is 1.38. The zero-order chi connectivity index (χ0) is 13.0. The quantitative estimate of drug-likeness (QED) is 0.661. The predicted octanol–water partition coefficient (Wildman–Crippen LogP) is 5.26. The van der Waals surface area contributed by atoms with E-state index in [1.165, 1.54) is 24.8 Å². The Labute approximate surface area is 111 Å². The number of benzene rings is 1. The summed E-state index contributed by atoms with van der Waals surface area (Å²) in [5, 5.41) is 0. The summed E-state index contributed by atoms with van der Waals surface area (Å²) in [6.07, 6.45) is 6.15. The van der Waals surface area contributed by atoms with Gasteiger partial charge in [-0.2, -0.15) is 0 Å². The van der Waals surface area contributed by atoms with Crippen molar-refractivity contribution in [1.82, 2.24) is 0 Å². The van der Waals surface area contributed by atoms with Gasteiger partial charge in [0.1, 0.15) is 0 Å². The third-order valence-corrected chi connectivity index (χ3v) is 6.37. The van der Waals surface area contributed by atoms with Crippen molar-refractivity contribution in [2.24, 2.45) is 16.7 Å². The van der Waals surface area contributed by atoms with Crippen LogP contribution in [0.5, 0.6) is 0 Å². The summed E-state index contributed by atoms with van der Waals surface area (Å²) in [5.74, 6) is 1.68. The summed E-state index contributed by atoms with van der Waals surface area (Å²) < 4.78 is 0. The minimum absolute atomic E-state index is 0.493. The van der Waals surface area contributed by atoms with Crippen LogP contribution in [0.4, 0.5) is 0 Å². The molecular formula is C18H24. The summed E-state index contributed by atoms with van der Waals surface area (Å²) in [4.78, 5) is 0. The Kier molecular flexibility index (Phi) is 2.49. The fourth-order valence-electron chi connectivity index (χ4n) is 4.57. The molecule has 2 bridgehead atoms. The predicted molar refractivity (Wildman–Crippen MR) is 78.5 cm³/mol. The van der Waals surface area contributed by atoms with Gasteiger partial charge in [0.15, 0.2) is 0 Å². The van der Waals surface area contributed by atoms with Crippen molar-refractivity contribution in [2.75, 3.05) is 0 Å². The number of fused-ring (bicyclic) bond motifs is 2. The van der Waals surface area contributed by atoms with E-state index in [9.17, 15) is 0 Å². The lowest BCUT2D eigenvalue weighted by Gasteiger charge is -2.39. The van der Waals surface area contributed by atoms with Crippen molar-refractivity contribution in [3.8, 4) is 0 Å². The standard InChI is InChI=1S/C18H24/c1-5-13-6-8-14(9-7-13)16-12-15-10-11-18(16,4)17(15,2)3/h5-9,15-16H,1,10-12H2,2-4H3. The molecule has 96 valence electrons. The van der Waals surface area contributed by atoms with Crippen LogP contribution in [-0.2, 0) is 0 Å². The molecule has 0 aromatic heterocycles. The fraction of sp³-hybridized carbons (Fsp3) is 0.556. The molecule has 0 nitrogen and oxygen atoms in total. The molecule has 0 radical (unpaired) electrons. The molecule has 0 saturated heterocycles. The van der Waals surface area contributed by atoms with Crippen LogP contribution in [0, 0.1) is 16.7 Å². The molecule has 1 aromatic carbocycles. The lowest BCUT2D eigenvalue weighted by molar-refractivity contribution is 0.134. The molecule has 2 aliphatic carbocycles. The van der Waals surface area contributed by atoms with E-state index in [4.69, 9.17) is 0 Å². The molecule has 0 aliphatic heterocycles. The van der Waals surface area contributed by atoms with Crippen molar-refractivity contribution in [3.05, 3.63) is 42.0 Å². The van der Waals surface area contributed by atoms with Crippen molar-refractivity contribution < 1.29 is 0 Å². The van der Waals surface area contributed by atoms with Crippen molar-refractivity contribution in [2.45, 2.75) is 46.0 Å². The zero-order valence-electron chi connectivity index (χ0n) is 11.9. The summed E-state index contributed by atoms with van der Waals surface area (Å²) in [5.41, 5.74) is 3.77. The Morgan fingerprint density at radius 3 is 2.28 bits per heavy atom. The van der Waals surface area contributed by atoms with E-state index >= 15 is 0 Å². The van der Waals surface area contributed by atoms with E-state index in [-0.39, 0.29) is 0 Å². The van der Waals surface area contributed by atoms with E-state index in [0.29, 0.717) is 10.8 Å². The highest BCUT2D eigenvalue weighted by molar-refractivity contribution is 5.48. The summed E-state index contributed by atoms with van der Waals surface area (Å²) in [7, 11) is 0. The number of rotatable bonds is 2. The van der Waals surface area contributed by atoms with Gasteiger partial charge in [0.05, 0.1) is 0 Å². The minimum Gasteiger partial charge on any atom is -0.0985 e. The van der Waals surface area contributed by atoms with E-state index in [2.05, 4.69) is 51.6 Å². The van der Waals surface area contributed by atoms with Crippen LogP contribution in [0.1, 0.15) is 57.1 Å². The second-order valence-electron chi connectivity index (χ2n) is 7.03. The lowest BCUT2D eigenvalue weighted by Crippen LogP contribution is -2.31. The van der Waals surface area contributed by atoms with Gasteiger partial charge in [-0.1, -0.05) is 57.7 Å². The fourth-order valence-corrected chi connectivity index (χ4v) is 4.57. The molecule has 3 rings (SSSR count). The van der Waals surface area contributed by atoms with Crippen LogP contribution >= 0.6 is 0 Å². The van der Waals surface area contributed by atoms with E-state index in [1.54, 1.807) is 5.56 Å². The van der Waals surface area contributed by atoms with Gasteiger partial charge in [-0.25, -0.2) is 0 Å². The van der Waals surface area contributed by atoms with Crippen molar-refractivity contribution >= 4 is 6.08 Å². The Bertz CT molecular complexity index is 465. The van der Waals surface area contributed by atoms with E-state index in [0.717, 1.165) is 11.8 Å². The van der Waals surface area contributed by atoms with Gasteiger partial charge in [0.25, 0.3) is 0 Å². The smallest absolute Gasteiger partial charge is 0.00999 e. The van der Waals surface area contributed by atoms with Gasteiger partial charge in [-0.3, -0.25) is 0 Å². The highest BCUT2D eigenvalue weighted by atomic mass is 14.7. The van der Waals surface area contributed by atoms with Gasteiger partial charge in [-0.05, 0) is 53.1 Å². The Hall–Kier alpha value is -1.04. The Balaban J connectivity index is 1.97. The molecule has 18 heavy (non-hydrogen) atoms. The van der Waals surface area contributed by atoms with Crippen LogP contribution in [0.2, 0.25) is 0 Å². The van der Waals surface area contributed by atoms with Gasteiger partial charge in [0.2, 0.25) is 0 Å². The SMILES string of the molecule is C=Cc1ccc(C2CC3CCC2(C)C3(C)C)cc1. The Morgan fingerprint density at radius 1 is 1.17 bits per heavy atom. The molecular weight excluding hydrogens is 216 g/mol. The molecule has 0 heteroatoms. The molecule has 2 aliphatic rings. The summed E-state index contributed by atoms with van der Waals surface area (Å²) >= 11 is 0. The third-order valence-electron chi connectivity index (χ3n) is 6.37. The molecule has 0 N–H and O–H groups in total. The van der Waals surface area contributed by atoms with Gasteiger partial charge >= 0.3 is 0 Å². The molecule has 3 atom stereocenters. The molecule has 2 fully saturated rings. The largest absolute Gasteiger partial charge is 0.0985 e. The van der Waals surface area contributed by atoms with E-state index in [1.807, 2.05) is 6.08 Å². The normalized spacial score (nSPS) is 36.8. The monoisotopic (exact) mass is 240 g/mol. The maximum absolute atomic E-state index is 3.83. The molecule has 0 heterocycles. The van der Waals surface area contributed by atoms with Gasteiger partial charge in [-0.15, -0.1) is 0 Å². The van der Waals surface area contributed by atoms with E-state index < -0.39 is 0 Å². The zero-order valence-corrected chi connectivity index (χ0v) is 11.9. The summed E-state index contributed by atoms with van der Waals surface area (Å²) in [6, 6.07) is 9.07. The average molecular weight is 240 g/mol. The highest BCUT2D eigenvalue weighted by Gasteiger charge is 2.61. The first kappa shape index (κ1) is 12.0. The highest BCUT2D eigenvalue weighted by Crippen LogP contribution is 2.70. The number of hydrogen-bond acceptors (Lipinski definition) is 0. The average Bonchev–Trinajstić information content (AvgIpc) is 2.71. The van der Waals surface area contributed by atoms with Gasteiger partial charge in [0, 0.05) is 0 Å². The van der Waals surface area contributed by atoms with Crippen molar-refractivity contribution in [3.63, 3.8) is 0 Å². The molecule has 3 unspecified atom stereocenters. The second kappa shape index (κ2) is 3.73. The second-order valence-corrected chi connectivity index (χ2v) is 7.03. The first-order chi connectivity index (χ1) is 8.49. The molecule has 2 saturated carbocycles. The molecule has 0 spiro atoms. The van der Waals surface area contributed by atoms with Crippen LogP contribution in [0.15, 0.2) is 30.8 Å². The Morgan fingerprint density at radius 2 is 1.83 bits per heavy atom.